The normalized spacial score (nSPS) is 11.4. The van der Waals surface area contributed by atoms with E-state index in [-0.39, 0.29) is 23.4 Å². The number of nitrogens with zero attached hydrogens (tertiary/aromatic N) is 2. The fourth-order valence-electron chi connectivity index (χ4n) is 1.37. The van der Waals surface area contributed by atoms with Crippen molar-refractivity contribution >= 4 is 17.6 Å². The van der Waals surface area contributed by atoms with Crippen LogP contribution < -0.4 is 20.9 Å². The topological polar surface area (TPSA) is 113 Å². The Balaban J connectivity index is 3.04. The van der Waals surface area contributed by atoms with Gasteiger partial charge >= 0.3 is 5.97 Å². The first-order valence-electron chi connectivity index (χ1n) is 6.26. The van der Waals surface area contributed by atoms with Crippen LogP contribution in [-0.4, -0.2) is 22.5 Å². The van der Waals surface area contributed by atoms with Crippen LogP contribution in [-0.2, 0) is 4.79 Å². The van der Waals surface area contributed by atoms with Crippen molar-refractivity contribution in [3.63, 3.8) is 0 Å². The van der Waals surface area contributed by atoms with Crippen LogP contribution in [0.5, 0.6) is 11.8 Å². The lowest BCUT2D eigenvalue weighted by atomic mass is 10.2. The maximum Gasteiger partial charge on any atom is 0.344 e. The van der Waals surface area contributed by atoms with E-state index in [9.17, 15) is 4.79 Å². The van der Waals surface area contributed by atoms with Gasteiger partial charge in [0, 0.05) is 0 Å². The molecule has 1 aromatic rings. The molecule has 0 aromatic carbocycles. The van der Waals surface area contributed by atoms with E-state index in [0.717, 1.165) is 0 Å². The number of carbonyl (C=O) groups excluding carboxylic acids is 1. The molecule has 0 aliphatic rings. The van der Waals surface area contributed by atoms with Gasteiger partial charge in [0.05, 0.1) is 12.2 Å². The first-order chi connectivity index (χ1) is 10.0. The number of anilines is 2. The summed E-state index contributed by atoms with van der Waals surface area (Å²) in [5.41, 5.74) is 11.7. The highest BCUT2D eigenvalue weighted by Crippen LogP contribution is 2.29. The van der Waals surface area contributed by atoms with Crippen molar-refractivity contribution in [3.05, 3.63) is 36.5 Å². The van der Waals surface area contributed by atoms with Crippen LogP contribution in [0, 0.1) is 0 Å². The zero-order valence-corrected chi connectivity index (χ0v) is 12.0. The first-order valence-corrected chi connectivity index (χ1v) is 6.26. The molecule has 0 bridgehead atoms. The number of hydrogen-bond donors (Lipinski definition) is 2. The Morgan fingerprint density at radius 1 is 1.33 bits per heavy atom. The molecule has 0 fully saturated rings. The molecule has 0 aliphatic carbocycles. The molecule has 0 radical (unpaired) electrons. The predicted molar refractivity (Wildman–Crippen MR) is 80.8 cm³/mol. The van der Waals surface area contributed by atoms with Gasteiger partial charge in [0.15, 0.2) is 5.69 Å². The molecule has 1 aromatic heterocycles. The highest BCUT2D eigenvalue weighted by atomic mass is 16.5. The molecular weight excluding hydrogens is 272 g/mol. The zero-order valence-electron chi connectivity index (χ0n) is 12.0. The lowest BCUT2D eigenvalue weighted by Gasteiger charge is -2.10. The van der Waals surface area contributed by atoms with E-state index < -0.39 is 5.97 Å². The Kier molecular flexibility index (Phi) is 5.94. The molecule has 4 N–H and O–H groups in total. The molecule has 0 spiro atoms. The Morgan fingerprint density at radius 3 is 2.57 bits per heavy atom. The number of rotatable bonds is 6. The van der Waals surface area contributed by atoms with Gasteiger partial charge in [0.2, 0.25) is 11.8 Å². The van der Waals surface area contributed by atoms with Crippen molar-refractivity contribution in [2.24, 2.45) is 0 Å². The van der Waals surface area contributed by atoms with Crippen molar-refractivity contribution in [1.82, 2.24) is 9.97 Å². The summed E-state index contributed by atoms with van der Waals surface area (Å²) in [7, 11) is 0. The summed E-state index contributed by atoms with van der Waals surface area (Å²) in [4.78, 5) is 19.6. The molecule has 0 amide bonds. The Morgan fingerprint density at radius 2 is 2.00 bits per heavy atom. The molecular formula is C14H18N4O3. The van der Waals surface area contributed by atoms with Gasteiger partial charge in [0.25, 0.3) is 5.88 Å². The van der Waals surface area contributed by atoms with E-state index >= 15 is 0 Å². The van der Waals surface area contributed by atoms with Crippen molar-refractivity contribution in [2.45, 2.75) is 13.8 Å². The minimum atomic E-state index is -0.622. The van der Waals surface area contributed by atoms with Crippen LogP contribution in [0.25, 0.3) is 0 Å². The van der Waals surface area contributed by atoms with Crippen molar-refractivity contribution in [3.8, 4) is 11.8 Å². The second-order valence-corrected chi connectivity index (χ2v) is 3.77. The summed E-state index contributed by atoms with van der Waals surface area (Å²) in [5, 5.41) is 0. The molecule has 21 heavy (non-hydrogen) atoms. The van der Waals surface area contributed by atoms with Crippen molar-refractivity contribution in [2.75, 3.05) is 18.1 Å². The minimum absolute atomic E-state index is 0.0163. The highest BCUT2D eigenvalue weighted by Gasteiger charge is 2.17. The third-order valence-electron chi connectivity index (χ3n) is 2.32. The zero-order chi connectivity index (χ0) is 15.8. The first kappa shape index (κ1) is 16.2. The Hall–Kier alpha value is -2.83. The van der Waals surface area contributed by atoms with E-state index in [2.05, 4.69) is 16.5 Å². The number of esters is 1. The molecule has 0 unspecified atom stereocenters. The maximum absolute atomic E-state index is 12.0. The molecule has 1 heterocycles. The Labute approximate surface area is 123 Å². The van der Waals surface area contributed by atoms with E-state index in [1.807, 2.05) is 0 Å². The quantitative estimate of drug-likeness (QED) is 0.465. The Bertz CT molecular complexity index is 594. The van der Waals surface area contributed by atoms with Gasteiger partial charge in [-0.05, 0) is 19.9 Å². The summed E-state index contributed by atoms with van der Waals surface area (Å²) in [6, 6.07) is 0. The van der Waals surface area contributed by atoms with E-state index in [4.69, 9.17) is 20.9 Å². The number of nitrogens with two attached hydrogens (primary N) is 2. The average molecular weight is 290 g/mol. The average Bonchev–Trinajstić information content (AvgIpc) is 2.45. The van der Waals surface area contributed by atoms with Crippen LogP contribution in [0.4, 0.5) is 11.6 Å². The summed E-state index contributed by atoms with van der Waals surface area (Å²) in [6.07, 6.45) is 6.30. The molecule has 0 atom stereocenters. The number of allylic oxidation sites excluding steroid dienone is 3. The summed E-state index contributed by atoms with van der Waals surface area (Å²) < 4.78 is 10.3. The molecule has 7 heteroatoms. The predicted octanol–water partition coefficient (Wildman–Crippen LogP) is 1.63. The van der Waals surface area contributed by atoms with E-state index in [1.165, 1.54) is 0 Å². The molecule has 0 saturated heterocycles. The van der Waals surface area contributed by atoms with Gasteiger partial charge in [-0.2, -0.15) is 9.97 Å². The summed E-state index contributed by atoms with van der Waals surface area (Å²) in [5.74, 6) is -0.777. The van der Waals surface area contributed by atoms with E-state index in [0.29, 0.717) is 12.2 Å². The fraction of sp³-hybridized carbons (Fsp3) is 0.214. The van der Waals surface area contributed by atoms with Gasteiger partial charge in [-0.1, -0.05) is 24.8 Å². The van der Waals surface area contributed by atoms with Crippen LogP contribution in [0.3, 0.4) is 0 Å². The number of ether oxygens (including phenoxy) is 2. The minimum Gasteiger partial charge on any atom is -0.476 e. The second kappa shape index (κ2) is 7.68. The van der Waals surface area contributed by atoms with Crippen LogP contribution in [0.15, 0.2) is 36.5 Å². The number of nitrogen functional groups attached to an aromatic ring is 2. The van der Waals surface area contributed by atoms with Gasteiger partial charge < -0.3 is 20.9 Å². The summed E-state index contributed by atoms with van der Waals surface area (Å²) >= 11 is 0. The molecule has 1 rings (SSSR count). The van der Waals surface area contributed by atoms with Crippen molar-refractivity contribution in [1.29, 1.82) is 0 Å². The van der Waals surface area contributed by atoms with Gasteiger partial charge in [0.1, 0.15) is 0 Å². The van der Waals surface area contributed by atoms with Crippen molar-refractivity contribution < 1.29 is 14.3 Å². The molecule has 7 nitrogen and oxygen atoms in total. The van der Waals surface area contributed by atoms with Gasteiger partial charge in [-0.25, -0.2) is 4.79 Å². The van der Waals surface area contributed by atoms with E-state index in [1.54, 1.807) is 38.2 Å². The number of carbonyl (C=O) groups is 1. The standard InChI is InChI=1S/C14H18N4O3/c1-4-7-8-9(5-2)13(19)21-12-10(15)11(20-6-3)17-14(16)18-12/h4-5,7-8H,1,6,15H2,2-3H3,(H2,16,17,18)/b8-7-,9-5+. The number of aromatic nitrogens is 2. The van der Waals surface area contributed by atoms with Gasteiger partial charge in [-0.3, -0.25) is 0 Å². The monoisotopic (exact) mass is 290 g/mol. The van der Waals surface area contributed by atoms with Gasteiger partial charge in [-0.15, -0.1) is 0 Å². The fourth-order valence-corrected chi connectivity index (χ4v) is 1.37. The molecule has 0 saturated carbocycles. The lowest BCUT2D eigenvalue weighted by molar-refractivity contribution is -0.130. The smallest absolute Gasteiger partial charge is 0.344 e. The van der Waals surface area contributed by atoms with Crippen LogP contribution >= 0.6 is 0 Å². The third kappa shape index (κ3) is 4.34. The third-order valence-corrected chi connectivity index (χ3v) is 2.32. The largest absolute Gasteiger partial charge is 0.476 e. The molecule has 112 valence electrons. The SMILES string of the molecule is C=C/C=C\C(=C/C)C(=O)Oc1nc(N)nc(OCC)c1N. The highest BCUT2D eigenvalue weighted by molar-refractivity contribution is 5.93. The number of hydrogen-bond acceptors (Lipinski definition) is 7. The van der Waals surface area contributed by atoms with Crippen LogP contribution in [0.1, 0.15) is 13.8 Å². The second-order valence-electron chi connectivity index (χ2n) is 3.77. The summed E-state index contributed by atoms with van der Waals surface area (Å²) in [6.45, 7) is 7.34. The molecule has 0 aliphatic heterocycles. The lowest BCUT2D eigenvalue weighted by Crippen LogP contribution is -2.14. The maximum atomic E-state index is 12.0. The van der Waals surface area contributed by atoms with Crippen LogP contribution in [0.2, 0.25) is 0 Å².